The molecular weight excluding hydrogens is 446 g/mol. The summed E-state index contributed by atoms with van der Waals surface area (Å²) in [5, 5.41) is 21.4. The van der Waals surface area contributed by atoms with Crippen molar-refractivity contribution in [3.8, 4) is 17.2 Å². The third kappa shape index (κ3) is 4.71. The molecule has 2 N–H and O–H groups in total. The number of hydrogen-bond acceptors (Lipinski definition) is 6. The zero-order chi connectivity index (χ0) is 25.1. The van der Waals surface area contributed by atoms with Gasteiger partial charge < -0.3 is 24.6 Å². The van der Waals surface area contributed by atoms with Crippen molar-refractivity contribution in [1.82, 2.24) is 4.90 Å². The van der Waals surface area contributed by atoms with Gasteiger partial charge in [-0.3, -0.25) is 9.59 Å². The summed E-state index contributed by atoms with van der Waals surface area (Å²) in [5.41, 5.74) is 2.70. The van der Waals surface area contributed by atoms with E-state index in [-0.39, 0.29) is 29.4 Å². The van der Waals surface area contributed by atoms with E-state index in [1.807, 2.05) is 25.1 Å². The molecule has 0 spiro atoms. The van der Waals surface area contributed by atoms with E-state index in [4.69, 9.17) is 9.47 Å². The summed E-state index contributed by atoms with van der Waals surface area (Å²) in [4.78, 5) is 27.9. The Morgan fingerprint density at radius 1 is 1.03 bits per heavy atom. The molecule has 0 radical (unpaired) electrons. The molecule has 180 valence electrons. The molecule has 0 bridgehead atoms. The molecule has 0 aromatic heterocycles. The molecule has 4 rings (SSSR count). The molecule has 1 aliphatic rings. The van der Waals surface area contributed by atoms with E-state index in [1.165, 1.54) is 11.0 Å². The van der Waals surface area contributed by atoms with E-state index in [2.05, 4.69) is 0 Å². The van der Waals surface area contributed by atoms with Crippen LogP contribution in [0.15, 0.2) is 72.3 Å². The van der Waals surface area contributed by atoms with E-state index in [0.717, 1.165) is 11.1 Å². The summed E-state index contributed by atoms with van der Waals surface area (Å²) in [7, 11) is 1.55. The third-order valence-electron chi connectivity index (χ3n) is 5.95. The fourth-order valence-corrected chi connectivity index (χ4v) is 4.20. The maximum absolute atomic E-state index is 13.3. The van der Waals surface area contributed by atoms with Crippen molar-refractivity contribution < 1.29 is 29.3 Å². The lowest BCUT2D eigenvalue weighted by atomic mass is 9.94. The van der Waals surface area contributed by atoms with Crippen LogP contribution < -0.4 is 9.47 Å². The number of aliphatic hydroxyl groups excluding tert-OH is 1. The number of aromatic hydroxyl groups is 1. The predicted octanol–water partition coefficient (Wildman–Crippen LogP) is 4.73. The molecule has 35 heavy (non-hydrogen) atoms. The molecule has 0 saturated carbocycles. The first-order valence-electron chi connectivity index (χ1n) is 11.3. The maximum Gasteiger partial charge on any atom is 0.295 e. The minimum absolute atomic E-state index is 0.0186. The van der Waals surface area contributed by atoms with Crippen LogP contribution in [-0.2, 0) is 16.1 Å². The van der Waals surface area contributed by atoms with Crippen LogP contribution in [-0.4, -0.2) is 40.5 Å². The van der Waals surface area contributed by atoms with Gasteiger partial charge in [0.2, 0.25) is 0 Å². The Labute approximate surface area is 203 Å². The number of benzene rings is 3. The number of phenolic OH excluding ortho intramolecular Hbond substituents is 1. The van der Waals surface area contributed by atoms with Crippen molar-refractivity contribution in [3.63, 3.8) is 0 Å². The van der Waals surface area contributed by atoms with Crippen molar-refractivity contribution in [2.45, 2.75) is 26.4 Å². The van der Waals surface area contributed by atoms with Gasteiger partial charge in [0, 0.05) is 12.1 Å². The highest BCUT2D eigenvalue weighted by molar-refractivity contribution is 6.46. The van der Waals surface area contributed by atoms with Gasteiger partial charge in [-0.2, -0.15) is 0 Å². The first kappa shape index (κ1) is 23.9. The van der Waals surface area contributed by atoms with Crippen LogP contribution >= 0.6 is 0 Å². The molecule has 1 aliphatic heterocycles. The van der Waals surface area contributed by atoms with E-state index >= 15 is 0 Å². The summed E-state index contributed by atoms with van der Waals surface area (Å²) >= 11 is 0. The number of ether oxygens (including phenoxy) is 2. The van der Waals surface area contributed by atoms with Gasteiger partial charge in [-0.1, -0.05) is 48.0 Å². The van der Waals surface area contributed by atoms with Crippen molar-refractivity contribution in [3.05, 3.63) is 94.6 Å². The molecule has 7 heteroatoms. The lowest BCUT2D eigenvalue weighted by Crippen LogP contribution is -2.29. The van der Waals surface area contributed by atoms with Gasteiger partial charge in [-0.25, -0.2) is 0 Å². The van der Waals surface area contributed by atoms with Crippen molar-refractivity contribution in [1.29, 1.82) is 0 Å². The minimum atomic E-state index is -0.887. The normalized spacial score (nSPS) is 17.0. The average Bonchev–Trinajstić information content (AvgIpc) is 3.10. The van der Waals surface area contributed by atoms with E-state index < -0.39 is 17.7 Å². The highest BCUT2D eigenvalue weighted by Crippen LogP contribution is 2.42. The fraction of sp³-hybridized carbons (Fsp3) is 0.214. The molecule has 0 aliphatic carbocycles. The van der Waals surface area contributed by atoms with Gasteiger partial charge in [-0.15, -0.1) is 0 Å². The Balaban J connectivity index is 1.87. The Bertz CT molecular complexity index is 1300. The molecule has 1 saturated heterocycles. The molecule has 1 fully saturated rings. The van der Waals surface area contributed by atoms with Crippen molar-refractivity contribution in [2.24, 2.45) is 0 Å². The Kier molecular flexibility index (Phi) is 6.78. The van der Waals surface area contributed by atoms with Crippen LogP contribution in [0.25, 0.3) is 5.76 Å². The number of aryl methyl sites for hydroxylation is 1. The second-order valence-electron chi connectivity index (χ2n) is 8.30. The molecule has 1 atom stereocenters. The fourth-order valence-electron chi connectivity index (χ4n) is 4.20. The largest absolute Gasteiger partial charge is 0.507 e. The summed E-state index contributed by atoms with van der Waals surface area (Å²) in [6, 6.07) is 18.1. The number of phenols is 1. The predicted molar refractivity (Wildman–Crippen MR) is 131 cm³/mol. The third-order valence-corrected chi connectivity index (χ3v) is 5.95. The summed E-state index contributed by atoms with van der Waals surface area (Å²) in [5.74, 6) is -0.961. The van der Waals surface area contributed by atoms with Gasteiger partial charge in [0.15, 0.2) is 11.5 Å². The zero-order valence-corrected chi connectivity index (χ0v) is 19.8. The Morgan fingerprint density at radius 2 is 1.77 bits per heavy atom. The van der Waals surface area contributed by atoms with Gasteiger partial charge >= 0.3 is 0 Å². The van der Waals surface area contributed by atoms with Crippen LogP contribution in [0, 0.1) is 6.92 Å². The van der Waals surface area contributed by atoms with Crippen LogP contribution in [0.4, 0.5) is 0 Å². The SMILES string of the molecule is CCOc1cc(C2/C(=C(/O)c3ccc(C)cc3)C(=O)C(=O)N2Cc2cccc(OC)c2)ccc1O. The summed E-state index contributed by atoms with van der Waals surface area (Å²) in [6.07, 6.45) is 0. The van der Waals surface area contributed by atoms with Gasteiger partial charge in [0.25, 0.3) is 11.7 Å². The second-order valence-corrected chi connectivity index (χ2v) is 8.30. The number of Topliss-reactive ketones (excluding diaryl/α,β-unsaturated/α-hetero) is 1. The van der Waals surface area contributed by atoms with Crippen LogP contribution in [0.2, 0.25) is 0 Å². The lowest BCUT2D eigenvalue weighted by Gasteiger charge is -2.26. The van der Waals surface area contributed by atoms with Gasteiger partial charge in [0.05, 0.1) is 25.3 Å². The number of likely N-dealkylation sites (tertiary alicyclic amines) is 1. The number of methoxy groups -OCH3 is 1. The van der Waals surface area contributed by atoms with E-state index in [0.29, 0.717) is 23.5 Å². The highest BCUT2D eigenvalue weighted by atomic mass is 16.5. The van der Waals surface area contributed by atoms with Crippen LogP contribution in [0.3, 0.4) is 0 Å². The Morgan fingerprint density at radius 3 is 2.46 bits per heavy atom. The first-order valence-corrected chi connectivity index (χ1v) is 11.3. The van der Waals surface area contributed by atoms with Crippen LogP contribution in [0.1, 0.15) is 35.2 Å². The number of amides is 1. The maximum atomic E-state index is 13.3. The zero-order valence-electron chi connectivity index (χ0n) is 19.8. The number of carbonyl (C=O) groups is 2. The van der Waals surface area contributed by atoms with Crippen molar-refractivity contribution >= 4 is 17.4 Å². The highest BCUT2D eigenvalue weighted by Gasteiger charge is 2.46. The molecule has 1 amide bonds. The van der Waals surface area contributed by atoms with Gasteiger partial charge in [0.1, 0.15) is 11.5 Å². The molecule has 1 unspecified atom stereocenters. The number of aliphatic hydroxyl groups is 1. The molecule has 1 heterocycles. The molecular formula is C28H27NO6. The number of carbonyl (C=O) groups excluding carboxylic acids is 2. The lowest BCUT2D eigenvalue weighted by molar-refractivity contribution is -0.140. The molecule has 3 aromatic carbocycles. The molecule has 3 aromatic rings. The summed E-state index contributed by atoms with van der Waals surface area (Å²) in [6.45, 7) is 4.15. The van der Waals surface area contributed by atoms with E-state index in [1.54, 1.807) is 56.5 Å². The topological polar surface area (TPSA) is 96.3 Å². The molecule has 7 nitrogen and oxygen atoms in total. The number of hydrogen-bond donors (Lipinski definition) is 2. The number of ketones is 1. The van der Waals surface area contributed by atoms with E-state index in [9.17, 15) is 19.8 Å². The quantitative estimate of drug-likeness (QED) is 0.293. The summed E-state index contributed by atoms with van der Waals surface area (Å²) < 4.78 is 10.8. The average molecular weight is 474 g/mol. The Hall–Kier alpha value is -4.26. The van der Waals surface area contributed by atoms with Gasteiger partial charge in [-0.05, 0) is 49.2 Å². The smallest absolute Gasteiger partial charge is 0.295 e. The monoisotopic (exact) mass is 473 g/mol. The first-order chi connectivity index (χ1) is 16.8. The number of nitrogens with zero attached hydrogens (tertiary/aromatic N) is 1. The minimum Gasteiger partial charge on any atom is -0.507 e. The number of rotatable bonds is 7. The second kappa shape index (κ2) is 9.93. The van der Waals surface area contributed by atoms with Crippen molar-refractivity contribution in [2.75, 3.05) is 13.7 Å². The van der Waals surface area contributed by atoms with Crippen LogP contribution in [0.5, 0.6) is 17.2 Å². The standard InChI is InChI=1S/C28H27NO6/c1-4-35-23-15-20(12-13-22(23)30)25-24(26(31)19-10-8-17(2)9-11-19)27(32)28(33)29(25)16-18-6-5-7-21(14-18)34-3/h5-15,25,30-31H,4,16H2,1-3H3/b26-24-.